The molecular formula is C12H14FN. The highest BCUT2D eigenvalue weighted by Crippen LogP contribution is 2.28. The molecule has 2 N–H and O–H groups in total. The van der Waals surface area contributed by atoms with Crippen LogP contribution in [0.5, 0.6) is 0 Å². The van der Waals surface area contributed by atoms with Crippen molar-refractivity contribution < 1.29 is 4.39 Å². The van der Waals surface area contributed by atoms with Crippen molar-refractivity contribution in [2.45, 2.75) is 25.3 Å². The van der Waals surface area contributed by atoms with Crippen LogP contribution in [0.2, 0.25) is 0 Å². The van der Waals surface area contributed by atoms with E-state index in [0.29, 0.717) is 0 Å². The molecule has 1 nitrogen and oxygen atoms in total. The minimum absolute atomic E-state index is 0.0434. The third-order valence-corrected chi connectivity index (χ3v) is 2.70. The number of rotatable bonds is 2. The SMILES string of the molecule is NC(C1=CCCC1)c1ccc(F)cc1. The number of allylic oxidation sites excluding steroid dienone is 1. The average molecular weight is 191 g/mol. The Labute approximate surface area is 83.4 Å². The van der Waals surface area contributed by atoms with Gasteiger partial charge in [-0.1, -0.05) is 23.8 Å². The zero-order chi connectivity index (χ0) is 9.97. The topological polar surface area (TPSA) is 26.0 Å². The Bertz CT molecular complexity index is 340. The Hall–Kier alpha value is -1.15. The minimum Gasteiger partial charge on any atom is -0.321 e. The largest absolute Gasteiger partial charge is 0.321 e. The molecule has 1 unspecified atom stereocenters. The second-order valence-electron chi connectivity index (χ2n) is 3.70. The molecule has 0 spiro atoms. The van der Waals surface area contributed by atoms with Gasteiger partial charge in [-0.05, 0) is 37.0 Å². The first kappa shape index (κ1) is 9.41. The Kier molecular flexibility index (Phi) is 2.64. The second-order valence-corrected chi connectivity index (χ2v) is 3.70. The maximum atomic E-state index is 12.7. The van der Waals surface area contributed by atoms with Gasteiger partial charge in [0.05, 0.1) is 6.04 Å². The highest BCUT2D eigenvalue weighted by molar-refractivity contribution is 5.29. The maximum Gasteiger partial charge on any atom is 0.123 e. The monoisotopic (exact) mass is 191 g/mol. The molecule has 0 aliphatic heterocycles. The van der Waals surface area contributed by atoms with Crippen molar-refractivity contribution in [3.63, 3.8) is 0 Å². The predicted octanol–water partition coefficient (Wildman–Crippen LogP) is 2.94. The van der Waals surface area contributed by atoms with Crippen LogP contribution in [0.1, 0.15) is 30.9 Å². The van der Waals surface area contributed by atoms with Crippen molar-refractivity contribution in [2.24, 2.45) is 5.73 Å². The fraction of sp³-hybridized carbons (Fsp3) is 0.333. The summed E-state index contributed by atoms with van der Waals surface area (Å²) in [6.45, 7) is 0. The molecule has 1 aliphatic carbocycles. The molecule has 0 aromatic heterocycles. The third-order valence-electron chi connectivity index (χ3n) is 2.70. The molecule has 1 atom stereocenters. The van der Waals surface area contributed by atoms with E-state index in [1.165, 1.54) is 24.1 Å². The van der Waals surface area contributed by atoms with Crippen LogP contribution in [0, 0.1) is 5.82 Å². The van der Waals surface area contributed by atoms with Crippen molar-refractivity contribution in [1.82, 2.24) is 0 Å². The average Bonchev–Trinajstić information content (AvgIpc) is 2.71. The first-order chi connectivity index (χ1) is 6.77. The van der Waals surface area contributed by atoms with Crippen LogP contribution in [0.15, 0.2) is 35.9 Å². The Balaban J connectivity index is 2.18. The molecule has 14 heavy (non-hydrogen) atoms. The van der Waals surface area contributed by atoms with Crippen molar-refractivity contribution in [2.75, 3.05) is 0 Å². The molecule has 1 aromatic carbocycles. The normalized spacial score (nSPS) is 18.0. The standard InChI is InChI=1S/C12H14FN/c13-11-7-5-10(6-8-11)12(14)9-3-1-2-4-9/h3,5-8,12H,1-2,4,14H2. The maximum absolute atomic E-state index is 12.7. The third kappa shape index (κ3) is 1.85. The Morgan fingerprint density at radius 3 is 2.50 bits per heavy atom. The van der Waals surface area contributed by atoms with Crippen LogP contribution in [-0.2, 0) is 0 Å². The number of benzene rings is 1. The van der Waals surface area contributed by atoms with Crippen LogP contribution in [0.25, 0.3) is 0 Å². The molecule has 0 saturated heterocycles. The summed E-state index contributed by atoms with van der Waals surface area (Å²) in [7, 11) is 0. The van der Waals surface area contributed by atoms with E-state index >= 15 is 0 Å². The van der Waals surface area contributed by atoms with Crippen molar-refractivity contribution >= 4 is 0 Å². The lowest BCUT2D eigenvalue weighted by atomic mass is 9.99. The number of hydrogen-bond donors (Lipinski definition) is 1. The Morgan fingerprint density at radius 2 is 1.93 bits per heavy atom. The van der Waals surface area contributed by atoms with E-state index in [4.69, 9.17) is 5.73 Å². The second kappa shape index (κ2) is 3.93. The number of nitrogens with two attached hydrogens (primary N) is 1. The smallest absolute Gasteiger partial charge is 0.123 e. The summed E-state index contributed by atoms with van der Waals surface area (Å²) in [5, 5.41) is 0. The molecule has 0 amide bonds. The van der Waals surface area contributed by atoms with E-state index in [0.717, 1.165) is 18.4 Å². The van der Waals surface area contributed by atoms with Gasteiger partial charge in [0, 0.05) is 0 Å². The summed E-state index contributed by atoms with van der Waals surface area (Å²) in [5.41, 5.74) is 8.35. The van der Waals surface area contributed by atoms with Crippen LogP contribution in [-0.4, -0.2) is 0 Å². The van der Waals surface area contributed by atoms with Crippen molar-refractivity contribution in [3.05, 3.63) is 47.3 Å². The highest BCUT2D eigenvalue weighted by Gasteiger charge is 2.14. The van der Waals surface area contributed by atoms with E-state index in [9.17, 15) is 4.39 Å². The van der Waals surface area contributed by atoms with Crippen molar-refractivity contribution in [1.29, 1.82) is 0 Å². The summed E-state index contributed by atoms with van der Waals surface area (Å²) >= 11 is 0. The van der Waals surface area contributed by atoms with Gasteiger partial charge in [-0.3, -0.25) is 0 Å². The number of halogens is 1. The lowest BCUT2D eigenvalue weighted by molar-refractivity contribution is 0.626. The number of hydrogen-bond acceptors (Lipinski definition) is 1. The van der Waals surface area contributed by atoms with E-state index in [1.807, 2.05) is 0 Å². The fourth-order valence-electron chi connectivity index (χ4n) is 1.86. The van der Waals surface area contributed by atoms with Crippen LogP contribution in [0.4, 0.5) is 4.39 Å². The van der Waals surface area contributed by atoms with E-state index in [1.54, 1.807) is 12.1 Å². The zero-order valence-corrected chi connectivity index (χ0v) is 8.04. The molecule has 0 saturated carbocycles. The Morgan fingerprint density at radius 1 is 1.21 bits per heavy atom. The van der Waals surface area contributed by atoms with Gasteiger partial charge in [0.15, 0.2) is 0 Å². The lowest BCUT2D eigenvalue weighted by Crippen LogP contribution is -2.12. The summed E-state index contributed by atoms with van der Waals surface area (Å²) in [4.78, 5) is 0. The van der Waals surface area contributed by atoms with Crippen LogP contribution < -0.4 is 5.73 Å². The van der Waals surface area contributed by atoms with Gasteiger partial charge < -0.3 is 5.73 Å². The van der Waals surface area contributed by atoms with Gasteiger partial charge in [0.1, 0.15) is 5.82 Å². The van der Waals surface area contributed by atoms with Crippen LogP contribution >= 0.6 is 0 Å². The molecule has 0 fully saturated rings. The highest BCUT2D eigenvalue weighted by atomic mass is 19.1. The molecular weight excluding hydrogens is 177 g/mol. The quantitative estimate of drug-likeness (QED) is 0.714. The van der Waals surface area contributed by atoms with Gasteiger partial charge in [-0.2, -0.15) is 0 Å². The summed E-state index contributed by atoms with van der Waals surface area (Å²) in [6.07, 6.45) is 5.61. The van der Waals surface area contributed by atoms with Crippen LogP contribution in [0.3, 0.4) is 0 Å². The van der Waals surface area contributed by atoms with Gasteiger partial charge in [-0.25, -0.2) is 4.39 Å². The van der Waals surface area contributed by atoms with Gasteiger partial charge in [0.25, 0.3) is 0 Å². The van der Waals surface area contributed by atoms with Gasteiger partial charge in [-0.15, -0.1) is 0 Å². The molecule has 2 rings (SSSR count). The first-order valence-corrected chi connectivity index (χ1v) is 4.97. The molecule has 0 heterocycles. The summed E-state index contributed by atoms with van der Waals surface area (Å²) in [6, 6.07) is 6.41. The molecule has 0 radical (unpaired) electrons. The molecule has 0 bridgehead atoms. The molecule has 2 heteroatoms. The van der Waals surface area contributed by atoms with Crippen molar-refractivity contribution in [3.8, 4) is 0 Å². The molecule has 1 aromatic rings. The molecule has 74 valence electrons. The predicted molar refractivity (Wildman–Crippen MR) is 55.3 cm³/mol. The zero-order valence-electron chi connectivity index (χ0n) is 8.04. The van der Waals surface area contributed by atoms with Gasteiger partial charge >= 0.3 is 0 Å². The first-order valence-electron chi connectivity index (χ1n) is 4.97. The fourth-order valence-corrected chi connectivity index (χ4v) is 1.86. The minimum atomic E-state index is -0.207. The lowest BCUT2D eigenvalue weighted by Gasteiger charge is -2.13. The molecule has 1 aliphatic rings. The van der Waals surface area contributed by atoms with E-state index < -0.39 is 0 Å². The van der Waals surface area contributed by atoms with Gasteiger partial charge in [0.2, 0.25) is 0 Å². The summed E-state index contributed by atoms with van der Waals surface area (Å²) < 4.78 is 12.7. The van der Waals surface area contributed by atoms with E-state index in [2.05, 4.69) is 6.08 Å². The summed E-state index contributed by atoms with van der Waals surface area (Å²) in [5.74, 6) is -0.207. The van der Waals surface area contributed by atoms with E-state index in [-0.39, 0.29) is 11.9 Å².